The average Bonchev–Trinajstić information content (AvgIpc) is 3.13. The Kier molecular flexibility index (Phi) is 5.62. The number of benzene rings is 2. The Morgan fingerprint density at radius 3 is 2.54 bits per heavy atom. The molecule has 2 aromatic carbocycles. The first-order chi connectivity index (χ1) is 12.4. The van der Waals surface area contributed by atoms with E-state index >= 15 is 0 Å². The molecule has 1 aliphatic heterocycles. The summed E-state index contributed by atoms with van der Waals surface area (Å²) >= 11 is 0. The third-order valence-corrected chi connectivity index (χ3v) is 4.59. The number of carbonyl (C=O) groups excluding carboxylic acids is 1. The van der Waals surface area contributed by atoms with Crippen LogP contribution < -0.4 is 10.1 Å². The molecule has 1 amide bonds. The quantitative estimate of drug-likeness (QED) is 0.840. The van der Waals surface area contributed by atoms with Gasteiger partial charge in [0.15, 0.2) is 0 Å². The molecule has 0 aromatic heterocycles. The van der Waals surface area contributed by atoms with Gasteiger partial charge >= 0.3 is 0 Å². The van der Waals surface area contributed by atoms with Crippen LogP contribution in [-0.4, -0.2) is 25.2 Å². The fourth-order valence-corrected chi connectivity index (χ4v) is 2.99. The summed E-state index contributed by atoms with van der Waals surface area (Å²) in [6, 6.07) is 15.3. The number of carbonyl (C=O) groups is 1. The minimum absolute atomic E-state index is 0.0886. The van der Waals surface area contributed by atoms with Gasteiger partial charge in [0.1, 0.15) is 12.4 Å². The van der Waals surface area contributed by atoms with E-state index in [0.29, 0.717) is 17.9 Å². The van der Waals surface area contributed by atoms with Crippen molar-refractivity contribution in [2.45, 2.75) is 45.1 Å². The molecule has 1 heterocycles. The highest BCUT2D eigenvalue weighted by Crippen LogP contribution is 2.25. The minimum Gasteiger partial charge on any atom is -0.490 e. The molecule has 4 heteroatoms. The highest BCUT2D eigenvalue weighted by Gasteiger charge is 2.19. The molecule has 1 unspecified atom stereocenters. The molecule has 0 aliphatic carbocycles. The van der Waals surface area contributed by atoms with Crippen LogP contribution in [0.3, 0.4) is 0 Å². The lowest BCUT2D eigenvalue weighted by Gasteiger charge is -2.19. The first kappa shape index (κ1) is 18.5. The van der Waals surface area contributed by atoms with Crippen LogP contribution in [0.5, 0.6) is 5.75 Å². The van der Waals surface area contributed by atoms with Crippen LogP contribution in [0, 0.1) is 0 Å². The lowest BCUT2D eigenvalue weighted by atomic mass is 9.87. The van der Waals surface area contributed by atoms with E-state index in [-0.39, 0.29) is 17.4 Å². The molecule has 1 aliphatic rings. The number of hydrogen-bond acceptors (Lipinski definition) is 3. The number of hydrogen-bond donors (Lipinski definition) is 1. The number of para-hydroxylation sites is 1. The van der Waals surface area contributed by atoms with Crippen molar-refractivity contribution in [3.8, 4) is 5.75 Å². The van der Waals surface area contributed by atoms with E-state index in [4.69, 9.17) is 9.47 Å². The Morgan fingerprint density at radius 2 is 1.88 bits per heavy atom. The Hall–Kier alpha value is -2.33. The zero-order valence-electron chi connectivity index (χ0n) is 15.7. The second-order valence-electron chi connectivity index (χ2n) is 7.72. The first-order valence-corrected chi connectivity index (χ1v) is 9.19. The molecule has 0 bridgehead atoms. The van der Waals surface area contributed by atoms with E-state index < -0.39 is 0 Å². The smallest absolute Gasteiger partial charge is 0.259 e. The lowest BCUT2D eigenvalue weighted by molar-refractivity contribution is 0.0673. The molecule has 1 N–H and O–H groups in total. The Labute approximate surface area is 155 Å². The molecule has 1 saturated heterocycles. The summed E-state index contributed by atoms with van der Waals surface area (Å²) in [4.78, 5) is 12.7. The zero-order chi connectivity index (χ0) is 18.6. The van der Waals surface area contributed by atoms with Crippen LogP contribution in [0.1, 0.15) is 49.5 Å². The topological polar surface area (TPSA) is 47.6 Å². The third kappa shape index (κ3) is 4.64. The van der Waals surface area contributed by atoms with Crippen molar-refractivity contribution in [2.24, 2.45) is 0 Å². The Bertz CT molecular complexity index is 741. The predicted molar refractivity (Wildman–Crippen MR) is 104 cm³/mol. The maximum absolute atomic E-state index is 12.7. The fraction of sp³-hybridized carbons (Fsp3) is 0.409. The predicted octanol–water partition coefficient (Wildman–Crippen LogP) is 4.79. The van der Waals surface area contributed by atoms with Gasteiger partial charge in [-0.3, -0.25) is 4.79 Å². The van der Waals surface area contributed by atoms with Gasteiger partial charge in [-0.1, -0.05) is 45.0 Å². The molecule has 2 aromatic rings. The maximum atomic E-state index is 12.7. The van der Waals surface area contributed by atoms with Gasteiger partial charge in [0, 0.05) is 12.3 Å². The number of rotatable bonds is 5. The zero-order valence-corrected chi connectivity index (χ0v) is 15.7. The number of anilines is 1. The van der Waals surface area contributed by atoms with Gasteiger partial charge in [-0.2, -0.15) is 0 Å². The summed E-state index contributed by atoms with van der Waals surface area (Å²) in [5, 5.41) is 2.96. The number of amides is 1. The van der Waals surface area contributed by atoms with Crippen molar-refractivity contribution < 1.29 is 14.3 Å². The van der Waals surface area contributed by atoms with Gasteiger partial charge in [0.2, 0.25) is 0 Å². The molecular weight excluding hydrogens is 326 g/mol. The monoisotopic (exact) mass is 353 g/mol. The van der Waals surface area contributed by atoms with Crippen LogP contribution in [0.2, 0.25) is 0 Å². The molecule has 0 saturated carbocycles. The molecule has 138 valence electrons. The normalized spacial score (nSPS) is 17.1. The highest BCUT2D eigenvalue weighted by molar-refractivity contribution is 6.06. The van der Waals surface area contributed by atoms with Crippen LogP contribution in [0.15, 0.2) is 48.5 Å². The largest absolute Gasteiger partial charge is 0.490 e. The summed E-state index contributed by atoms with van der Waals surface area (Å²) < 4.78 is 11.4. The second kappa shape index (κ2) is 7.92. The van der Waals surface area contributed by atoms with Crippen LogP contribution >= 0.6 is 0 Å². The molecule has 4 nitrogen and oxygen atoms in total. The number of ether oxygens (including phenoxy) is 2. The highest BCUT2D eigenvalue weighted by atomic mass is 16.5. The summed E-state index contributed by atoms with van der Waals surface area (Å²) in [6.07, 6.45) is 2.20. The van der Waals surface area contributed by atoms with E-state index in [1.165, 1.54) is 5.56 Å². The average molecular weight is 353 g/mol. The first-order valence-electron chi connectivity index (χ1n) is 9.19. The number of nitrogens with one attached hydrogen (secondary N) is 1. The van der Waals surface area contributed by atoms with E-state index in [0.717, 1.165) is 25.1 Å². The summed E-state index contributed by atoms with van der Waals surface area (Å²) in [6.45, 7) is 7.78. The molecule has 1 atom stereocenters. The van der Waals surface area contributed by atoms with Gasteiger partial charge in [-0.05, 0) is 48.1 Å². The van der Waals surface area contributed by atoms with Crippen molar-refractivity contribution in [1.82, 2.24) is 0 Å². The van der Waals surface area contributed by atoms with Crippen molar-refractivity contribution in [2.75, 3.05) is 18.5 Å². The fourth-order valence-electron chi connectivity index (χ4n) is 2.99. The molecule has 0 spiro atoms. The summed E-state index contributed by atoms with van der Waals surface area (Å²) in [5.41, 5.74) is 2.63. The van der Waals surface area contributed by atoms with Crippen molar-refractivity contribution >= 4 is 11.6 Å². The van der Waals surface area contributed by atoms with E-state index in [9.17, 15) is 4.79 Å². The van der Waals surface area contributed by atoms with E-state index in [2.05, 4.69) is 38.2 Å². The SMILES string of the molecule is CC(C)(C)c1ccc(NC(=O)c2ccccc2OCC2CCCO2)cc1. The summed E-state index contributed by atoms with van der Waals surface area (Å²) in [7, 11) is 0. The van der Waals surface area contributed by atoms with Gasteiger partial charge < -0.3 is 14.8 Å². The van der Waals surface area contributed by atoms with Crippen molar-refractivity contribution in [1.29, 1.82) is 0 Å². The second-order valence-corrected chi connectivity index (χ2v) is 7.72. The molecule has 0 radical (unpaired) electrons. The summed E-state index contributed by atoms with van der Waals surface area (Å²) in [5.74, 6) is 0.420. The standard InChI is InChI=1S/C22H27NO3/c1-22(2,3)16-10-12-17(13-11-16)23-21(24)19-8-4-5-9-20(19)26-15-18-7-6-14-25-18/h4-5,8-13,18H,6-7,14-15H2,1-3H3,(H,23,24). The van der Waals surface area contributed by atoms with E-state index in [1.54, 1.807) is 6.07 Å². The Balaban J connectivity index is 1.67. The molecule has 26 heavy (non-hydrogen) atoms. The molecule has 1 fully saturated rings. The van der Waals surface area contributed by atoms with Gasteiger partial charge in [-0.25, -0.2) is 0 Å². The van der Waals surface area contributed by atoms with Gasteiger partial charge in [0.05, 0.1) is 11.7 Å². The lowest BCUT2D eigenvalue weighted by Crippen LogP contribution is -2.19. The minimum atomic E-state index is -0.170. The Morgan fingerprint density at radius 1 is 1.15 bits per heavy atom. The van der Waals surface area contributed by atoms with Crippen LogP contribution in [0.4, 0.5) is 5.69 Å². The van der Waals surface area contributed by atoms with Crippen LogP contribution in [0.25, 0.3) is 0 Å². The van der Waals surface area contributed by atoms with E-state index in [1.807, 2.05) is 30.3 Å². The van der Waals surface area contributed by atoms with Gasteiger partial charge in [0.25, 0.3) is 5.91 Å². The molecule has 3 rings (SSSR count). The van der Waals surface area contributed by atoms with Crippen molar-refractivity contribution in [3.05, 3.63) is 59.7 Å². The maximum Gasteiger partial charge on any atom is 0.259 e. The van der Waals surface area contributed by atoms with Crippen molar-refractivity contribution in [3.63, 3.8) is 0 Å². The third-order valence-electron chi connectivity index (χ3n) is 4.59. The molecular formula is C22H27NO3. The van der Waals surface area contributed by atoms with Crippen LogP contribution in [-0.2, 0) is 10.2 Å². The van der Waals surface area contributed by atoms with Gasteiger partial charge in [-0.15, -0.1) is 0 Å².